The summed E-state index contributed by atoms with van der Waals surface area (Å²) in [5.74, 6) is 2.87. The Labute approximate surface area is 134 Å². The van der Waals surface area contributed by atoms with Crippen LogP contribution in [0, 0.1) is 11.3 Å². The lowest BCUT2D eigenvalue weighted by molar-refractivity contribution is 0.318. The number of thioether (sulfide) groups is 1. The molecule has 2 aromatic carbocycles. The van der Waals surface area contributed by atoms with Crippen LogP contribution in [-0.2, 0) is 5.75 Å². The predicted octanol–water partition coefficient (Wildman–Crippen LogP) is 4.91. The Morgan fingerprint density at radius 1 is 1.05 bits per heavy atom. The molecule has 0 unspecified atom stereocenters. The van der Waals surface area contributed by atoms with Gasteiger partial charge in [0.15, 0.2) is 0 Å². The van der Waals surface area contributed by atoms with Gasteiger partial charge in [-0.1, -0.05) is 23.7 Å². The number of rotatable bonds is 7. The summed E-state index contributed by atoms with van der Waals surface area (Å²) in [6.07, 6.45) is 1.00. The van der Waals surface area contributed by atoms with Crippen LogP contribution in [0.1, 0.15) is 17.5 Å². The molecule has 0 spiro atoms. The fourth-order valence-electron chi connectivity index (χ4n) is 1.75. The minimum absolute atomic E-state index is 0.708. The predicted molar refractivity (Wildman–Crippen MR) is 88.9 cm³/mol. The molecule has 0 fully saturated rings. The van der Waals surface area contributed by atoms with Crippen molar-refractivity contribution in [2.24, 2.45) is 0 Å². The van der Waals surface area contributed by atoms with E-state index in [1.807, 2.05) is 60.3 Å². The first-order valence-electron chi connectivity index (χ1n) is 6.73. The minimum Gasteiger partial charge on any atom is -0.494 e. The van der Waals surface area contributed by atoms with Crippen LogP contribution in [0.4, 0.5) is 0 Å². The Morgan fingerprint density at radius 2 is 1.76 bits per heavy atom. The van der Waals surface area contributed by atoms with Gasteiger partial charge in [-0.15, -0.1) is 0 Å². The highest BCUT2D eigenvalue weighted by atomic mass is 35.5. The van der Waals surface area contributed by atoms with Crippen LogP contribution in [0.25, 0.3) is 0 Å². The SMILES string of the molecule is N#Cc1ccc(CSCCCOc2ccc(Cl)cc2)cc1. The van der Waals surface area contributed by atoms with Gasteiger partial charge in [-0.05, 0) is 54.1 Å². The van der Waals surface area contributed by atoms with Crippen molar-refractivity contribution in [3.05, 3.63) is 64.7 Å². The Balaban J connectivity index is 1.59. The molecular weight excluding hydrogens is 302 g/mol. The molecule has 0 atom stereocenters. The van der Waals surface area contributed by atoms with Gasteiger partial charge in [0.05, 0.1) is 18.2 Å². The van der Waals surface area contributed by atoms with E-state index in [4.69, 9.17) is 21.6 Å². The summed E-state index contributed by atoms with van der Waals surface area (Å²) in [4.78, 5) is 0. The molecule has 2 aromatic rings. The first kappa shape index (κ1) is 15.8. The van der Waals surface area contributed by atoms with Gasteiger partial charge < -0.3 is 4.74 Å². The monoisotopic (exact) mass is 317 g/mol. The molecular formula is C17H16ClNOS. The molecule has 21 heavy (non-hydrogen) atoms. The van der Waals surface area contributed by atoms with Gasteiger partial charge in [-0.2, -0.15) is 17.0 Å². The zero-order chi connectivity index (χ0) is 14.9. The van der Waals surface area contributed by atoms with E-state index in [1.165, 1.54) is 5.56 Å². The van der Waals surface area contributed by atoms with Crippen LogP contribution in [-0.4, -0.2) is 12.4 Å². The van der Waals surface area contributed by atoms with Crippen LogP contribution in [0.2, 0.25) is 5.02 Å². The van der Waals surface area contributed by atoms with Gasteiger partial charge in [-0.3, -0.25) is 0 Å². The Hall–Kier alpha value is -1.63. The third-order valence-electron chi connectivity index (χ3n) is 2.87. The zero-order valence-electron chi connectivity index (χ0n) is 11.6. The Kier molecular flexibility index (Phi) is 6.46. The maximum absolute atomic E-state index is 8.73. The van der Waals surface area contributed by atoms with E-state index in [2.05, 4.69) is 6.07 Å². The maximum Gasteiger partial charge on any atom is 0.119 e. The van der Waals surface area contributed by atoms with E-state index in [-0.39, 0.29) is 0 Å². The van der Waals surface area contributed by atoms with Gasteiger partial charge in [-0.25, -0.2) is 0 Å². The number of nitrogens with zero attached hydrogens (tertiary/aromatic N) is 1. The smallest absolute Gasteiger partial charge is 0.119 e. The van der Waals surface area contributed by atoms with Crippen LogP contribution < -0.4 is 4.74 Å². The van der Waals surface area contributed by atoms with Crippen molar-refractivity contribution in [1.29, 1.82) is 5.26 Å². The summed E-state index contributed by atoms with van der Waals surface area (Å²) in [6.45, 7) is 0.710. The number of halogens is 1. The lowest BCUT2D eigenvalue weighted by atomic mass is 10.2. The quantitative estimate of drug-likeness (QED) is 0.680. The molecule has 2 nitrogen and oxygen atoms in total. The second-order valence-electron chi connectivity index (χ2n) is 4.52. The van der Waals surface area contributed by atoms with Gasteiger partial charge in [0.25, 0.3) is 0 Å². The van der Waals surface area contributed by atoms with Crippen molar-refractivity contribution in [1.82, 2.24) is 0 Å². The van der Waals surface area contributed by atoms with Crippen LogP contribution in [0.3, 0.4) is 0 Å². The lowest BCUT2D eigenvalue weighted by Gasteiger charge is -2.06. The Bertz CT molecular complexity index is 590. The summed E-state index contributed by atoms with van der Waals surface area (Å²) >= 11 is 7.69. The fraction of sp³-hybridized carbons (Fsp3) is 0.235. The molecule has 0 bridgehead atoms. The molecule has 0 heterocycles. The van der Waals surface area contributed by atoms with E-state index in [0.717, 1.165) is 28.7 Å². The number of nitriles is 1. The molecule has 0 aliphatic rings. The summed E-state index contributed by atoms with van der Waals surface area (Å²) in [7, 11) is 0. The van der Waals surface area contributed by atoms with Gasteiger partial charge in [0.1, 0.15) is 5.75 Å². The van der Waals surface area contributed by atoms with Crippen molar-refractivity contribution < 1.29 is 4.74 Å². The average Bonchev–Trinajstić information content (AvgIpc) is 2.53. The fourth-order valence-corrected chi connectivity index (χ4v) is 2.77. The van der Waals surface area contributed by atoms with E-state index in [9.17, 15) is 0 Å². The maximum atomic E-state index is 8.73. The summed E-state index contributed by atoms with van der Waals surface area (Å²) < 4.78 is 5.64. The van der Waals surface area contributed by atoms with Crippen molar-refractivity contribution in [2.75, 3.05) is 12.4 Å². The van der Waals surface area contributed by atoms with Crippen molar-refractivity contribution in [3.63, 3.8) is 0 Å². The lowest BCUT2D eigenvalue weighted by Crippen LogP contribution is -1.98. The molecule has 0 aliphatic carbocycles. The topological polar surface area (TPSA) is 33.0 Å². The Morgan fingerprint density at radius 3 is 2.43 bits per heavy atom. The molecule has 0 saturated heterocycles. The van der Waals surface area contributed by atoms with Crippen LogP contribution in [0.5, 0.6) is 5.75 Å². The number of ether oxygens (including phenoxy) is 1. The van der Waals surface area contributed by atoms with E-state index < -0.39 is 0 Å². The van der Waals surface area contributed by atoms with Gasteiger partial charge in [0, 0.05) is 10.8 Å². The zero-order valence-corrected chi connectivity index (χ0v) is 13.2. The summed E-state index contributed by atoms with van der Waals surface area (Å²) in [5, 5.41) is 9.46. The molecule has 0 radical (unpaired) electrons. The third kappa shape index (κ3) is 5.71. The molecule has 2 rings (SSSR count). The molecule has 0 N–H and O–H groups in total. The average molecular weight is 318 g/mol. The van der Waals surface area contributed by atoms with Gasteiger partial charge in [0.2, 0.25) is 0 Å². The normalized spacial score (nSPS) is 10.1. The van der Waals surface area contributed by atoms with Crippen molar-refractivity contribution in [3.8, 4) is 11.8 Å². The van der Waals surface area contributed by atoms with E-state index in [1.54, 1.807) is 0 Å². The number of benzene rings is 2. The highest BCUT2D eigenvalue weighted by Crippen LogP contribution is 2.17. The molecule has 4 heteroatoms. The largest absolute Gasteiger partial charge is 0.494 e. The van der Waals surface area contributed by atoms with Crippen LogP contribution in [0.15, 0.2) is 48.5 Å². The molecule has 0 saturated carbocycles. The molecule has 108 valence electrons. The molecule has 0 aromatic heterocycles. The molecule has 0 aliphatic heterocycles. The third-order valence-corrected chi connectivity index (χ3v) is 4.23. The first-order valence-corrected chi connectivity index (χ1v) is 8.26. The minimum atomic E-state index is 0.708. The van der Waals surface area contributed by atoms with Crippen LogP contribution >= 0.6 is 23.4 Å². The second-order valence-corrected chi connectivity index (χ2v) is 6.06. The van der Waals surface area contributed by atoms with Gasteiger partial charge >= 0.3 is 0 Å². The van der Waals surface area contributed by atoms with Crippen molar-refractivity contribution in [2.45, 2.75) is 12.2 Å². The highest BCUT2D eigenvalue weighted by Gasteiger charge is 1.97. The number of hydrogen-bond acceptors (Lipinski definition) is 3. The summed E-state index contributed by atoms with van der Waals surface area (Å²) in [6, 6.07) is 17.3. The standard InChI is InChI=1S/C17H16ClNOS/c18-16-6-8-17(9-7-16)20-10-1-11-21-13-15-4-2-14(12-19)3-5-15/h2-9H,1,10-11,13H2. The van der Waals surface area contributed by atoms with E-state index in [0.29, 0.717) is 12.2 Å². The summed E-state index contributed by atoms with van der Waals surface area (Å²) in [5.41, 5.74) is 1.96. The van der Waals surface area contributed by atoms with Crippen molar-refractivity contribution >= 4 is 23.4 Å². The first-order chi connectivity index (χ1) is 10.3. The highest BCUT2D eigenvalue weighted by molar-refractivity contribution is 7.98. The number of hydrogen-bond donors (Lipinski definition) is 0. The second kappa shape index (κ2) is 8.61. The molecule has 0 amide bonds. The van der Waals surface area contributed by atoms with E-state index >= 15 is 0 Å².